The van der Waals surface area contributed by atoms with Crippen molar-refractivity contribution in [3.8, 4) is 0 Å². The van der Waals surface area contributed by atoms with Crippen LogP contribution in [0.25, 0.3) is 0 Å². The molecule has 1 aromatic rings. The van der Waals surface area contributed by atoms with Crippen LogP contribution in [0, 0.1) is 5.41 Å². The maximum Gasteiger partial charge on any atom is 0.251 e. The highest BCUT2D eigenvalue weighted by Crippen LogP contribution is 2.27. The fourth-order valence-corrected chi connectivity index (χ4v) is 2.18. The number of nitrogens with one attached hydrogen (secondary N) is 2. The quantitative estimate of drug-likeness (QED) is 0.719. The van der Waals surface area contributed by atoms with Crippen molar-refractivity contribution < 1.29 is 9.59 Å². The summed E-state index contributed by atoms with van der Waals surface area (Å²) in [5.41, 5.74) is 6.49. The molecule has 1 aromatic carbocycles. The van der Waals surface area contributed by atoms with Gasteiger partial charge in [-0.05, 0) is 44.0 Å². The van der Waals surface area contributed by atoms with Crippen molar-refractivity contribution in [1.82, 2.24) is 5.32 Å². The monoisotopic (exact) mass is 327 g/mol. The van der Waals surface area contributed by atoms with E-state index < -0.39 is 5.41 Å². The molecule has 0 saturated carbocycles. The molecule has 0 bridgehead atoms. The fraction of sp³-hybridized carbons (Fsp3) is 0.500. The minimum absolute atomic E-state index is 0. The van der Waals surface area contributed by atoms with E-state index in [0.717, 1.165) is 0 Å². The third-order valence-corrected chi connectivity index (χ3v) is 3.97. The third kappa shape index (κ3) is 4.71. The minimum atomic E-state index is -0.530. The number of carbonyl (C=O) groups excluding carboxylic acids is 2. The number of carbonyl (C=O) groups is 2. The van der Waals surface area contributed by atoms with E-state index in [1.807, 2.05) is 20.8 Å². The topological polar surface area (TPSA) is 84.2 Å². The molecule has 124 valence electrons. The van der Waals surface area contributed by atoms with Gasteiger partial charge in [0, 0.05) is 24.3 Å². The number of halogens is 1. The third-order valence-electron chi connectivity index (χ3n) is 3.97. The molecule has 1 rings (SSSR count). The van der Waals surface area contributed by atoms with Gasteiger partial charge in [0.2, 0.25) is 5.91 Å². The van der Waals surface area contributed by atoms with Crippen LogP contribution < -0.4 is 16.4 Å². The normalized spacial score (nSPS) is 10.5. The van der Waals surface area contributed by atoms with Gasteiger partial charge >= 0.3 is 0 Å². The second-order valence-electron chi connectivity index (χ2n) is 5.08. The van der Waals surface area contributed by atoms with E-state index in [1.54, 1.807) is 24.3 Å². The van der Waals surface area contributed by atoms with Crippen LogP contribution in [0.15, 0.2) is 24.3 Å². The predicted molar refractivity (Wildman–Crippen MR) is 92.4 cm³/mol. The number of amides is 2. The van der Waals surface area contributed by atoms with Gasteiger partial charge in [0.25, 0.3) is 5.91 Å². The van der Waals surface area contributed by atoms with Crippen molar-refractivity contribution in [1.29, 1.82) is 0 Å². The molecule has 0 atom stereocenters. The molecule has 0 unspecified atom stereocenters. The summed E-state index contributed by atoms with van der Waals surface area (Å²) in [6.07, 6.45) is 1.39. The summed E-state index contributed by atoms with van der Waals surface area (Å²) in [6.45, 7) is 6.71. The smallest absolute Gasteiger partial charge is 0.251 e. The Morgan fingerprint density at radius 1 is 1.09 bits per heavy atom. The summed E-state index contributed by atoms with van der Waals surface area (Å²) in [5.74, 6) is -0.186. The summed E-state index contributed by atoms with van der Waals surface area (Å²) in [7, 11) is 0. The lowest BCUT2D eigenvalue weighted by Gasteiger charge is -2.28. The van der Waals surface area contributed by atoms with Gasteiger partial charge in [-0.3, -0.25) is 9.59 Å². The Hall–Kier alpha value is -1.59. The molecule has 0 heterocycles. The van der Waals surface area contributed by atoms with Gasteiger partial charge in [0.1, 0.15) is 0 Å². The largest absolute Gasteiger partial charge is 0.352 e. The second kappa shape index (κ2) is 9.43. The van der Waals surface area contributed by atoms with Crippen LogP contribution in [-0.4, -0.2) is 24.9 Å². The molecule has 0 aromatic heterocycles. The van der Waals surface area contributed by atoms with Gasteiger partial charge in [0.05, 0.1) is 5.41 Å². The van der Waals surface area contributed by atoms with E-state index in [2.05, 4.69) is 10.6 Å². The molecule has 0 aliphatic rings. The first kappa shape index (κ1) is 20.4. The van der Waals surface area contributed by atoms with Crippen molar-refractivity contribution in [3.05, 3.63) is 29.8 Å². The second-order valence-corrected chi connectivity index (χ2v) is 5.08. The number of nitrogens with two attached hydrogens (primary N) is 1. The molecule has 5 nitrogen and oxygen atoms in total. The summed E-state index contributed by atoms with van der Waals surface area (Å²) in [4.78, 5) is 24.0. The summed E-state index contributed by atoms with van der Waals surface area (Å²) in [5, 5.41) is 5.61. The van der Waals surface area contributed by atoms with Crippen LogP contribution in [0.4, 0.5) is 5.69 Å². The lowest BCUT2D eigenvalue weighted by molar-refractivity contribution is -0.125. The van der Waals surface area contributed by atoms with Crippen LogP contribution in [0.2, 0.25) is 0 Å². The molecule has 0 aliphatic carbocycles. The summed E-state index contributed by atoms with van der Waals surface area (Å²) in [6, 6.07) is 6.86. The van der Waals surface area contributed by atoms with E-state index >= 15 is 0 Å². The first-order valence-electron chi connectivity index (χ1n) is 7.42. The average Bonchev–Trinajstić information content (AvgIpc) is 2.50. The van der Waals surface area contributed by atoms with E-state index in [9.17, 15) is 9.59 Å². The van der Waals surface area contributed by atoms with Gasteiger partial charge in [0.15, 0.2) is 0 Å². The molecular weight excluding hydrogens is 302 g/mol. The zero-order valence-corrected chi connectivity index (χ0v) is 14.3. The first-order valence-corrected chi connectivity index (χ1v) is 7.42. The standard InChI is InChI=1S/C16H25N3O2.ClH/c1-4-16(5-2,11-17)15(21)19-13-9-7-12(8-10-13)14(20)18-6-3;/h7-10H,4-6,11,17H2,1-3H3,(H,18,20)(H,19,21);1H. The minimum Gasteiger partial charge on any atom is -0.352 e. The van der Waals surface area contributed by atoms with Crippen molar-refractivity contribution >= 4 is 29.9 Å². The highest BCUT2D eigenvalue weighted by atomic mass is 35.5. The van der Waals surface area contributed by atoms with E-state index in [-0.39, 0.29) is 24.2 Å². The van der Waals surface area contributed by atoms with Gasteiger partial charge < -0.3 is 16.4 Å². The Labute approximate surface area is 138 Å². The summed E-state index contributed by atoms with van der Waals surface area (Å²) >= 11 is 0. The van der Waals surface area contributed by atoms with Gasteiger partial charge in [-0.15, -0.1) is 12.4 Å². The number of rotatable bonds is 7. The Balaban J connectivity index is 0.00000441. The van der Waals surface area contributed by atoms with Gasteiger partial charge in [-0.25, -0.2) is 0 Å². The lowest BCUT2D eigenvalue weighted by atomic mass is 9.81. The molecule has 2 amide bonds. The average molecular weight is 328 g/mol. The first-order chi connectivity index (χ1) is 10.0. The van der Waals surface area contributed by atoms with Crippen LogP contribution in [-0.2, 0) is 4.79 Å². The summed E-state index contributed by atoms with van der Waals surface area (Å²) < 4.78 is 0. The molecule has 4 N–H and O–H groups in total. The predicted octanol–water partition coefficient (Wildman–Crippen LogP) is 2.56. The van der Waals surface area contributed by atoms with Crippen LogP contribution in [0.3, 0.4) is 0 Å². The highest BCUT2D eigenvalue weighted by Gasteiger charge is 2.33. The molecular formula is C16H26ClN3O2. The molecule has 0 radical (unpaired) electrons. The van der Waals surface area contributed by atoms with Crippen molar-refractivity contribution in [2.75, 3.05) is 18.4 Å². The maximum atomic E-state index is 12.4. The van der Waals surface area contributed by atoms with Gasteiger partial charge in [-0.1, -0.05) is 13.8 Å². The molecule has 6 heteroatoms. The Bertz CT molecular complexity index is 476. The van der Waals surface area contributed by atoms with Crippen molar-refractivity contribution in [3.63, 3.8) is 0 Å². The highest BCUT2D eigenvalue weighted by molar-refractivity contribution is 5.97. The Morgan fingerprint density at radius 3 is 2.05 bits per heavy atom. The number of anilines is 1. The number of hydrogen-bond acceptors (Lipinski definition) is 3. The zero-order chi connectivity index (χ0) is 15.9. The molecule has 0 saturated heterocycles. The maximum absolute atomic E-state index is 12.4. The van der Waals surface area contributed by atoms with Gasteiger partial charge in [-0.2, -0.15) is 0 Å². The molecule has 0 aliphatic heterocycles. The molecule has 0 fully saturated rings. The van der Waals surface area contributed by atoms with Crippen LogP contribution in [0.5, 0.6) is 0 Å². The molecule has 22 heavy (non-hydrogen) atoms. The van der Waals surface area contributed by atoms with Crippen molar-refractivity contribution in [2.45, 2.75) is 33.6 Å². The van der Waals surface area contributed by atoms with E-state index in [1.165, 1.54) is 0 Å². The van der Waals surface area contributed by atoms with Crippen LogP contribution in [0.1, 0.15) is 44.0 Å². The molecule has 0 spiro atoms. The lowest BCUT2D eigenvalue weighted by Crippen LogP contribution is -2.41. The SMILES string of the molecule is CCNC(=O)c1ccc(NC(=O)C(CC)(CC)CN)cc1.Cl. The Kier molecular flexibility index (Phi) is 8.75. The number of hydrogen-bond donors (Lipinski definition) is 3. The van der Waals surface area contributed by atoms with E-state index in [4.69, 9.17) is 5.73 Å². The zero-order valence-electron chi connectivity index (χ0n) is 13.4. The fourth-order valence-electron chi connectivity index (χ4n) is 2.18. The number of benzene rings is 1. The Morgan fingerprint density at radius 2 is 1.64 bits per heavy atom. The van der Waals surface area contributed by atoms with Crippen LogP contribution >= 0.6 is 12.4 Å². The van der Waals surface area contributed by atoms with E-state index in [0.29, 0.717) is 37.2 Å². The van der Waals surface area contributed by atoms with Crippen molar-refractivity contribution in [2.24, 2.45) is 11.1 Å².